The summed E-state index contributed by atoms with van der Waals surface area (Å²) in [5.41, 5.74) is -0.142. The Bertz CT molecular complexity index is 930. The largest absolute Gasteiger partial charge is 0.493 e. The van der Waals surface area contributed by atoms with Crippen LogP contribution < -0.4 is 19.5 Å². The van der Waals surface area contributed by atoms with Crippen molar-refractivity contribution in [3.8, 4) is 17.2 Å². The van der Waals surface area contributed by atoms with Crippen LogP contribution in [0, 0.1) is 0 Å². The van der Waals surface area contributed by atoms with E-state index in [0.29, 0.717) is 22.8 Å². The molecule has 0 radical (unpaired) electrons. The normalized spacial score (nSPS) is 11.2. The fraction of sp³-hybridized carbons (Fsp3) is 0.238. The van der Waals surface area contributed by atoms with Crippen LogP contribution in [0.2, 0.25) is 0 Å². The lowest BCUT2D eigenvalue weighted by Crippen LogP contribution is -2.20. The number of methoxy groups -OCH3 is 3. The summed E-state index contributed by atoms with van der Waals surface area (Å²) in [4.78, 5) is 23.7. The molecule has 0 fully saturated rings. The summed E-state index contributed by atoms with van der Waals surface area (Å²) >= 11 is 0. The zero-order valence-corrected chi connectivity index (χ0v) is 16.9. The molecule has 0 aliphatic heterocycles. The van der Waals surface area contributed by atoms with E-state index in [2.05, 4.69) is 5.32 Å². The lowest BCUT2D eigenvalue weighted by Gasteiger charge is -2.12. The van der Waals surface area contributed by atoms with Crippen molar-refractivity contribution in [2.75, 3.05) is 33.3 Å². The van der Waals surface area contributed by atoms with E-state index >= 15 is 0 Å². The van der Waals surface area contributed by atoms with Crippen LogP contribution in [0.3, 0.4) is 0 Å². The molecule has 0 atom stereocenters. The fourth-order valence-electron chi connectivity index (χ4n) is 2.49. The summed E-state index contributed by atoms with van der Waals surface area (Å²) in [5.74, 6) is -0.313. The molecule has 0 aromatic heterocycles. The number of esters is 1. The topological polar surface area (TPSA) is 83.1 Å². The number of hydrogen-bond acceptors (Lipinski definition) is 6. The first-order chi connectivity index (χ1) is 14.7. The molecule has 0 bridgehead atoms. The Balaban J connectivity index is 1.93. The lowest BCUT2D eigenvalue weighted by atomic mass is 10.1. The van der Waals surface area contributed by atoms with E-state index in [1.54, 1.807) is 12.1 Å². The maximum Gasteiger partial charge on any atom is 0.416 e. The minimum atomic E-state index is -4.47. The van der Waals surface area contributed by atoms with Crippen molar-refractivity contribution in [1.82, 2.24) is 0 Å². The lowest BCUT2D eigenvalue weighted by molar-refractivity contribution is -0.142. The van der Waals surface area contributed by atoms with Gasteiger partial charge in [-0.15, -0.1) is 0 Å². The number of carbonyl (C=O) groups is 2. The predicted molar refractivity (Wildman–Crippen MR) is 106 cm³/mol. The summed E-state index contributed by atoms with van der Waals surface area (Å²) in [5, 5.41) is 2.34. The first-order valence-corrected chi connectivity index (χ1v) is 8.80. The second kappa shape index (κ2) is 10.4. The molecule has 0 spiro atoms. The van der Waals surface area contributed by atoms with Gasteiger partial charge in [0.2, 0.25) is 5.75 Å². The summed E-state index contributed by atoms with van der Waals surface area (Å²) in [6, 6.07) is 7.11. The Morgan fingerprint density at radius 3 is 2.03 bits per heavy atom. The van der Waals surface area contributed by atoms with Crippen molar-refractivity contribution < 1.29 is 41.7 Å². The van der Waals surface area contributed by atoms with Gasteiger partial charge in [0, 0.05) is 11.8 Å². The standard InChI is InChI=1S/C21H20F3NO6/c1-28-16-10-13(11-17(29-2)20(16)30-3)4-9-19(27)31-12-18(26)25-15-7-5-14(6-8-15)21(22,23)24/h4-11H,12H2,1-3H3,(H,25,26). The van der Waals surface area contributed by atoms with Crippen LogP contribution in [-0.4, -0.2) is 39.8 Å². The van der Waals surface area contributed by atoms with E-state index in [1.807, 2.05) is 0 Å². The molecule has 0 saturated carbocycles. The van der Waals surface area contributed by atoms with Crippen molar-refractivity contribution in [2.24, 2.45) is 0 Å². The zero-order valence-electron chi connectivity index (χ0n) is 16.9. The number of amides is 1. The Hall–Kier alpha value is -3.69. The van der Waals surface area contributed by atoms with Gasteiger partial charge in [0.05, 0.1) is 26.9 Å². The Labute approximate surface area is 176 Å². The van der Waals surface area contributed by atoms with E-state index in [9.17, 15) is 22.8 Å². The van der Waals surface area contributed by atoms with E-state index in [1.165, 1.54) is 27.4 Å². The number of carbonyl (C=O) groups excluding carboxylic acids is 2. The van der Waals surface area contributed by atoms with Gasteiger partial charge in [-0.05, 0) is 48.0 Å². The average Bonchev–Trinajstić information content (AvgIpc) is 2.75. The van der Waals surface area contributed by atoms with Gasteiger partial charge in [0.25, 0.3) is 5.91 Å². The van der Waals surface area contributed by atoms with E-state index < -0.39 is 30.2 Å². The molecule has 0 saturated heterocycles. The van der Waals surface area contributed by atoms with E-state index in [4.69, 9.17) is 18.9 Å². The molecular weight excluding hydrogens is 419 g/mol. The quantitative estimate of drug-likeness (QED) is 0.496. The Kier molecular flexibility index (Phi) is 7.89. The number of benzene rings is 2. The second-order valence-corrected chi connectivity index (χ2v) is 6.02. The third kappa shape index (κ3) is 6.66. The van der Waals surface area contributed by atoms with Crippen LogP contribution in [0.15, 0.2) is 42.5 Å². The van der Waals surface area contributed by atoms with Gasteiger partial charge < -0.3 is 24.3 Å². The summed E-state index contributed by atoms with van der Waals surface area (Å²) in [6.07, 6.45) is -1.94. The highest BCUT2D eigenvalue weighted by atomic mass is 19.4. The molecule has 0 aliphatic rings. The second-order valence-electron chi connectivity index (χ2n) is 6.02. The average molecular weight is 439 g/mol. The van der Waals surface area contributed by atoms with Crippen LogP contribution in [0.5, 0.6) is 17.2 Å². The van der Waals surface area contributed by atoms with Gasteiger partial charge in [0.15, 0.2) is 18.1 Å². The van der Waals surface area contributed by atoms with Crippen molar-refractivity contribution in [3.63, 3.8) is 0 Å². The molecule has 10 heteroatoms. The minimum absolute atomic E-state index is 0.141. The number of anilines is 1. The van der Waals surface area contributed by atoms with Gasteiger partial charge in [-0.3, -0.25) is 4.79 Å². The molecular formula is C21H20F3NO6. The molecule has 0 heterocycles. The first kappa shape index (κ1) is 23.6. The Morgan fingerprint density at radius 1 is 0.968 bits per heavy atom. The third-order valence-electron chi connectivity index (χ3n) is 3.94. The van der Waals surface area contributed by atoms with Gasteiger partial charge in [-0.2, -0.15) is 13.2 Å². The molecule has 0 aliphatic carbocycles. The van der Waals surface area contributed by atoms with Gasteiger partial charge in [0.1, 0.15) is 0 Å². The number of ether oxygens (including phenoxy) is 4. The number of rotatable bonds is 8. The highest BCUT2D eigenvalue weighted by molar-refractivity contribution is 5.94. The zero-order chi connectivity index (χ0) is 23.0. The van der Waals surface area contributed by atoms with Crippen molar-refractivity contribution in [1.29, 1.82) is 0 Å². The SMILES string of the molecule is COc1cc(C=CC(=O)OCC(=O)Nc2ccc(C(F)(F)F)cc2)cc(OC)c1OC. The number of hydrogen-bond donors (Lipinski definition) is 1. The smallest absolute Gasteiger partial charge is 0.416 e. The predicted octanol–water partition coefficient (Wildman–Crippen LogP) is 3.93. The van der Waals surface area contributed by atoms with Crippen molar-refractivity contribution >= 4 is 23.6 Å². The third-order valence-corrected chi connectivity index (χ3v) is 3.94. The van der Waals surface area contributed by atoms with Crippen molar-refractivity contribution in [2.45, 2.75) is 6.18 Å². The monoisotopic (exact) mass is 439 g/mol. The first-order valence-electron chi connectivity index (χ1n) is 8.80. The molecule has 7 nitrogen and oxygen atoms in total. The minimum Gasteiger partial charge on any atom is -0.493 e. The molecule has 1 N–H and O–H groups in total. The van der Waals surface area contributed by atoms with Crippen LogP contribution >= 0.6 is 0 Å². The van der Waals surface area contributed by atoms with Crippen molar-refractivity contribution in [3.05, 3.63) is 53.6 Å². The maximum atomic E-state index is 12.5. The van der Waals surface area contributed by atoms with E-state index in [-0.39, 0.29) is 5.69 Å². The fourth-order valence-corrected chi connectivity index (χ4v) is 2.49. The van der Waals surface area contributed by atoms with Crippen LogP contribution in [0.1, 0.15) is 11.1 Å². The highest BCUT2D eigenvalue weighted by Gasteiger charge is 2.30. The number of halogens is 3. The summed E-state index contributed by atoms with van der Waals surface area (Å²) in [6.45, 7) is -0.612. The Morgan fingerprint density at radius 2 is 1.55 bits per heavy atom. The number of nitrogens with one attached hydrogen (secondary N) is 1. The summed E-state index contributed by atoms with van der Waals surface area (Å²) < 4.78 is 58.1. The molecule has 2 aromatic rings. The molecule has 0 unspecified atom stereocenters. The maximum absolute atomic E-state index is 12.5. The summed E-state index contributed by atoms with van der Waals surface area (Å²) in [7, 11) is 4.37. The van der Waals surface area contributed by atoms with Gasteiger partial charge in [-0.1, -0.05) is 0 Å². The number of alkyl halides is 3. The molecule has 166 valence electrons. The van der Waals surface area contributed by atoms with Gasteiger partial charge in [-0.25, -0.2) is 4.79 Å². The highest BCUT2D eigenvalue weighted by Crippen LogP contribution is 2.38. The molecule has 2 aromatic carbocycles. The van der Waals surface area contributed by atoms with E-state index in [0.717, 1.165) is 30.3 Å². The molecule has 1 amide bonds. The van der Waals surface area contributed by atoms with Crippen LogP contribution in [-0.2, 0) is 20.5 Å². The van der Waals surface area contributed by atoms with Gasteiger partial charge >= 0.3 is 12.1 Å². The molecule has 31 heavy (non-hydrogen) atoms. The molecule has 2 rings (SSSR count). The van der Waals surface area contributed by atoms with Crippen LogP contribution in [0.25, 0.3) is 6.08 Å². The van der Waals surface area contributed by atoms with Crippen LogP contribution in [0.4, 0.5) is 18.9 Å².